The fraction of sp³-hybridized carbons (Fsp3) is 0.318. The largest absolute Gasteiger partial charge is 0.353 e. The third-order valence-electron chi connectivity index (χ3n) is 5.02. The van der Waals surface area contributed by atoms with Crippen molar-refractivity contribution >= 4 is 23.3 Å². The van der Waals surface area contributed by atoms with E-state index < -0.39 is 0 Å². The molecule has 1 aromatic carbocycles. The van der Waals surface area contributed by atoms with Gasteiger partial charge in [-0.3, -0.25) is 0 Å². The summed E-state index contributed by atoms with van der Waals surface area (Å²) < 4.78 is 0. The first kappa shape index (κ1) is 18.2. The maximum atomic E-state index is 4.78. The van der Waals surface area contributed by atoms with Crippen LogP contribution in [-0.4, -0.2) is 41.1 Å². The highest BCUT2D eigenvalue weighted by molar-refractivity contribution is 5.62. The zero-order valence-corrected chi connectivity index (χ0v) is 16.7. The minimum absolute atomic E-state index is 0.785. The number of hydrogen-bond acceptors (Lipinski definition) is 6. The Morgan fingerprint density at radius 3 is 2.36 bits per heavy atom. The monoisotopic (exact) mass is 374 g/mol. The van der Waals surface area contributed by atoms with E-state index in [1.54, 1.807) is 0 Å². The van der Waals surface area contributed by atoms with Gasteiger partial charge in [-0.1, -0.05) is 23.8 Å². The first-order chi connectivity index (χ1) is 13.6. The second-order valence-electron chi connectivity index (χ2n) is 7.30. The van der Waals surface area contributed by atoms with E-state index in [4.69, 9.17) is 4.98 Å². The van der Waals surface area contributed by atoms with E-state index in [0.717, 1.165) is 55.1 Å². The van der Waals surface area contributed by atoms with Crippen molar-refractivity contribution in [3.63, 3.8) is 0 Å². The van der Waals surface area contributed by atoms with E-state index in [1.807, 2.05) is 31.3 Å². The van der Waals surface area contributed by atoms with E-state index in [1.165, 1.54) is 11.1 Å². The molecular weight excluding hydrogens is 348 g/mol. The number of aromatic nitrogens is 3. The smallest absolute Gasteiger partial charge is 0.227 e. The predicted molar refractivity (Wildman–Crippen MR) is 115 cm³/mol. The maximum absolute atomic E-state index is 4.78. The molecule has 6 nitrogen and oxygen atoms in total. The summed E-state index contributed by atoms with van der Waals surface area (Å²) in [5.41, 5.74) is 4.51. The van der Waals surface area contributed by atoms with Crippen LogP contribution in [0.1, 0.15) is 16.8 Å². The van der Waals surface area contributed by atoms with Crippen LogP contribution in [0.3, 0.4) is 0 Å². The zero-order valence-electron chi connectivity index (χ0n) is 16.7. The predicted octanol–water partition coefficient (Wildman–Crippen LogP) is 3.87. The molecule has 1 saturated heterocycles. The Balaban J connectivity index is 1.48. The Morgan fingerprint density at radius 1 is 0.857 bits per heavy atom. The normalized spacial score (nSPS) is 14.2. The Bertz CT molecular complexity index is 948. The average Bonchev–Trinajstić information content (AvgIpc) is 2.70. The molecule has 0 aliphatic carbocycles. The third-order valence-corrected chi connectivity index (χ3v) is 5.02. The van der Waals surface area contributed by atoms with Crippen molar-refractivity contribution < 1.29 is 0 Å². The summed E-state index contributed by atoms with van der Waals surface area (Å²) >= 11 is 0. The summed E-state index contributed by atoms with van der Waals surface area (Å²) in [5, 5.41) is 3.46. The number of piperazine rings is 1. The van der Waals surface area contributed by atoms with Crippen LogP contribution in [0.5, 0.6) is 0 Å². The standard InChI is InChI=1S/C22H26N6/c1-16-7-8-19(17(2)14-16)25-20-15-18(3)24-22(26-20)28-12-10-27(11-13-28)21-6-4-5-9-23-21/h4-9,14-15H,10-13H2,1-3H3,(H,24,25,26). The number of anilines is 4. The van der Waals surface area contributed by atoms with Gasteiger partial charge in [0, 0.05) is 49.8 Å². The Labute approximate surface area is 166 Å². The van der Waals surface area contributed by atoms with Gasteiger partial charge in [0.15, 0.2) is 0 Å². The van der Waals surface area contributed by atoms with E-state index in [9.17, 15) is 0 Å². The molecule has 144 valence electrons. The Morgan fingerprint density at radius 2 is 1.64 bits per heavy atom. The quantitative estimate of drug-likeness (QED) is 0.748. The van der Waals surface area contributed by atoms with Crippen molar-refractivity contribution in [1.82, 2.24) is 15.0 Å². The van der Waals surface area contributed by atoms with Crippen LogP contribution in [-0.2, 0) is 0 Å². The van der Waals surface area contributed by atoms with Gasteiger partial charge >= 0.3 is 0 Å². The first-order valence-electron chi connectivity index (χ1n) is 9.69. The lowest BCUT2D eigenvalue weighted by atomic mass is 10.1. The van der Waals surface area contributed by atoms with Crippen LogP contribution < -0.4 is 15.1 Å². The molecule has 0 spiro atoms. The second kappa shape index (κ2) is 7.84. The van der Waals surface area contributed by atoms with Gasteiger partial charge in [0.05, 0.1) is 0 Å². The first-order valence-corrected chi connectivity index (χ1v) is 9.69. The molecule has 3 heterocycles. The number of benzene rings is 1. The highest BCUT2D eigenvalue weighted by atomic mass is 15.3. The summed E-state index contributed by atoms with van der Waals surface area (Å²) in [6.07, 6.45) is 1.84. The van der Waals surface area contributed by atoms with Crippen LogP contribution in [0.15, 0.2) is 48.7 Å². The van der Waals surface area contributed by atoms with Crippen LogP contribution in [0.2, 0.25) is 0 Å². The van der Waals surface area contributed by atoms with E-state index in [-0.39, 0.29) is 0 Å². The van der Waals surface area contributed by atoms with Gasteiger partial charge in [-0.05, 0) is 44.5 Å². The van der Waals surface area contributed by atoms with Crippen LogP contribution >= 0.6 is 0 Å². The lowest BCUT2D eigenvalue weighted by Crippen LogP contribution is -2.47. The van der Waals surface area contributed by atoms with Gasteiger partial charge < -0.3 is 15.1 Å². The van der Waals surface area contributed by atoms with Crippen LogP contribution in [0.25, 0.3) is 0 Å². The number of pyridine rings is 1. The average molecular weight is 374 g/mol. The Hall–Kier alpha value is -3.15. The highest BCUT2D eigenvalue weighted by Crippen LogP contribution is 2.23. The maximum Gasteiger partial charge on any atom is 0.227 e. The molecule has 0 atom stereocenters. The second-order valence-corrected chi connectivity index (χ2v) is 7.30. The zero-order chi connectivity index (χ0) is 19.5. The van der Waals surface area contributed by atoms with Crippen molar-refractivity contribution in [2.24, 2.45) is 0 Å². The number of hydrogen-bond donors (Lipinski definition) is 1. The molecule has 1 N–H and O–H groups in total. The van der Waals surface area contributed by atoms with E-state index in [2.05, 4.69) is 63.2 Å². The van der Waals surface area contributed by atoms with Crippen molar-refractivity contribution in [3.8, 4) is 0 Å². The Kier molecular flexibility index (Phi) is 5.10. The van der Waals surface area contributed by atoms with Crippen LogP contribution in [0.4, 0.5) is 23.3 Å². The molecule has 4 rings (SSSR count). The summed E-state index contributed by atoms with van der Waals surface area (Å²) in [7, 11) is 0. The van der Waals surface area contributed by atoms with Crippen molar-refractivity contribution in [3.05, 3.63) is 65.5 Å². The molecule has 1 fully saturated rings. The molecule has 28 heavy (non-hydrogen) atoms. The minimum atomic E-state index is 0.785. The summed E-state index contributed by atoms with van der Waals surface area (Å²) in [4.78, 5) is 18.5. The molecule has 0 bridgehead atoms. The number of rotatable bonds is 4. The number of nitrogens with one attached hydrogen (secondary N) is 1. The lowest BCUT2D eigenvalue weighted by molar-refractivity contribution is 0.634. The summed E-state index contributed by atoms with van der Waals surface area (Å²) in [6, 6.07) is 14.4. The van der Waals surface area contributed by atoms with E-state index >= 15 is 0 Å². The molecule has 1 aliphatic heterocycles. The summed E-state index contributed by atoms with van der Waals surface area (Å²) in [5.74, 6) is 2.65. The minimum Gasteiger partial charge on any atom is -0.353 e. The van der Waals surface area contributed by atoms with Crippen molar-refractivity contribution in [1.29, 1.82) is 0 Å². The van der Waals surface area contributed by atoms with Gasteiger partial charge in [0.1, 0.15) is 11.6 Å². The molecule has 0 amide bonds. The van der Waals surface area contributed by atoms with Gasteiger partial charge in [-0.15, -0.1) is 0 Å². The van der Waals surface area contributed by atoms with Gasteiger partial charge in [0.2, 0.25) is 5.95 Å². The molecule has 3 aromatic rings. The molecule has 6 heteroatoms. The van der Waals surface area contributed by atoms with E-state index in [0.29, 0.717) is 0 Å². The third kappa shape index (κ3) is 4.06. The molecule has 0 radical (unpaired) electrons. The molecule has 1 aliphatic rings. The SMILES string of the molecule is Cc1ccc(Nc2cc(C)nc(N3CCN(c4ccccn4)CC3)n2)c(C)c1. The van der Waals surface area contributed by atoms with Crippen molar-refractivity contribution in [2.45, 2.75) is 20.8 Å². The fourth-order valence-electron chi connectivity index (χ4n) is 3.53. The van der Waals surface area contributed by atoms with Gasteiger partial charge in [-0.2, -0.15) is 4.98 Å². The number of nitrogens with zero attached hydrogens (tertiary/aromatic N) is 5. The topological polar surface area (TPSA) is 57.2 Å². The molecule has 0 saturated carbocycles. The van der Waals surface area contributed by atoms with Gasteiger partial charge in [0.25, 0.3) is 0 Å². The molecule has 2 aromatic heterocycles. The van der Waals surface area contributed by atoms with Gasteiger partial charge in [-0.25, -0.2) is 9.97 Å². The number of aryl methyl sites for hydroxylation is 3. The fourth-order valence-corrected chi connectivity index (χ4v) is 3.53. The van der Waals surface area contributed by atoms with Crippen molar-refractivity contribution in [2.75, 3.05) is 41.3 Å². The van der Waals surface area contributed by atoms with Crippen LogP contribution in [0, 0.1) is 20.8 Å². The summed E-state index contributed by atoms with van der Waals surface area (Å²) in [6.45, 7) is 9.81. The molecule has 0 unspecified atom stereocenters. The highest BCUT2D eigenvalue weighted by Gasteiger charge is 2.20. The lowest BCUT2D eigenvalue weighted by Gasteiger charge is -2.35. The molecular formula is C22H26N6.